The first-order valence-corrected chi connectivity index (χ1v) is 8.05. The van der Waals surface area contributed by atoms with Crippen LogP contribution in [0.3, 0.4) is 0 Å². The Morgan fingerprint density at radius 1 is 1.48 bits per heavy atom. The molecule has 21 heavy (non-hydrogen) atoms. The molecule has 0 aliphatic rings. The fourth-order valence-corrected chi connectivity index (χ4v) is 3.12. The number of thioether (sulfide) groups is 1. The van der Waals surface area contributed by atoms with Gasteiger partial charge in [-0.3, -0.25) is 4.79 Å². The average Bonchev–Trinajstić information content (AvgIpc) is 2.96. The summed E-state index contributed by atoms with van der Waals surface area (Å²) in [6, 6.07) is 5.23. The molecule has 0 saturated carbocycles. The molecule has 1 atom stereocenters. The maximum Gasteiger partial charge on any atom is 0.233 e. The van der Waals surface area contributed by atoms with Crippen LogP contribution in [0.1, 0.15) is 6.92 Å². The fourth-order valence-electron chi connectivity index (χ4n) is 1.68. The first kappa shape index (κ1) is 16.2. The molecule has 0 radical (unpaired) electrons. The lowest BCUT2D eigenvalue weighted by Crippen LogP contribution is -2.33. The van der Waals surface area contributed by atoms with E-state index in [1.54, 1.807) is 30.7 Å². The molecule has 1 aromatic carbocycles. The first-order valence-electron chi connectivity index (χ1n) is 6.41. The number of halogens is 2. The minimum absolute atomic E-state index is 0.0313. The number of nitrogens with one attached hydrogen (secondary N) is 1. The van der Waals surface area contributed by atoms with Gasteiger partial charge in [0.25, 0.3) is 0 Å². The predicted octanol–water partition coefficient (Wildman–Crippen LogP) is 3.49. The molecular weight excluding hydrogens is 329 g/mol. The number of benzene rings is 1. The van der Waals surface area contributed by atoms with Gasteiger partial charge in [-0.05, 0) is 25.1 Å². The third-order valence-electron chi connectivity index (χ3n) is 2.79. The van der Waals surface area contributed by atoms with Crippen molar-refractivity contribution in [1.82, 2.24) is 14.9 Å². The maximum absolute atomic E-state index is 12.0. The number of imidazole rings is 1. The number of nitrogens with zero attached hydrogens (tertiary/aromatic N) is 2. The molecule has 1 N–H and O–H groups in total. The first-order chi connectivity index (χ1) is 10.1. The highest BCUT2D eigenvalue weighted by Crippen LogP contribution is 2.32. The van der Waals surface area contributed by atoms with Crippen molar-refractivity contribution < 1.29 is 4.79 Å². The summed E-state index contributed by atoms with van der Waals surface area (Å²) in [5, 5.41) is 3.85. The van der Waals surface area contributed by atoms with E-state index in [9.17, 15) is 4.79 Å². The van der Waals surface area contributed by atoms with Crippen LogP contribution in [0, 0.1) is 0 Å². The van der Waals surface area contributed by atoms with Crippen LogP contribution in [0.5, 0.6) is 0 Å². The third kappa shape index (κ3) is 4.95. The van der Waals surface area contributed by atoms with Gasteiger partial charge in [0, 0.05) is 35.4 Å². The lowest BCUT2D eigenvalue weighted by Gasteiger charge is -2.13. The summed E-state index contributed by atoms with van der Waals surface area (Å²) >= 11 is 13.4. The van der Waals surface area contributed by atoms with Crippen LogP contribution < -0.4 is 5.32 Å². The van der Waals surface area contributed by atoms with E-state index in [2.05, 4.69) is 10.3 Å². The number of hydrogen-bond donors (Lipinski definition) is 1. The van der Waals surface area contributed by atoms with Gasteiger partial charge in [-0.2, -0.15) is 0 Å². The largest absolute Gasteiger partial charge is 0.353 e. The molecule has 1 aromatic heterocycles. The van der Waals surface area contributed by atoms with Crippen LogP contribution >= 0.6 is 35.0 Å². The third-order valence-corrected chi connectivity index (χ3v) is 4.63. The van der Waals surface area contributed by atoms with Crippen LogP contribution in [0.15, 0.2) is 41.8 Å². The van der Waals surface area contributed by atoms with Gasteiger partial charge in [0.05, 0.1) is 16.6 Å². The zero-order valence-electron chi connectivity index (χ0n) is 11.4. The molecule has 7 heteroatoms. The average molecular weight is 344 g/mol. The second-order valence-electron chi connectivity index (χ2n) is 4.43. The van der Waals surface area contributed by atoms with Crippen molar-refractivity contribution in [3.05, 3.63) is 47.0 Å². The molecule has 112 valence electrons. The summed E-state index contributed by atoms with van der Waals surface area (Å²) in [4.78, 5) is 16.8. The van der Waals surface area contributed by atoms with Gasteiger partial charge in [0.15, 0.2) is 0 Å². The van der Waals surface area contributed by atoms with Crippen LogP contribution in [0.4, 0.5) is 0 Å². The summed E-state index contributed by atoms with van der Waals surface area (Å²) in [6.07, 6.45) is 5.29. The van der Waals surface area contributed by atoms with Crippen LogP contribution in [-0.4, -0.2) is 27.3 Å². The van der Waals surface area contributed by atoms with Crippen molar-refractivity contribution >= 4 is 40.9 Å². The van der Waals surface area contributed by atoms with Gasteiger partial charge >= 0.3 is 0 Å². The quantitative estimate of drug-likeness (QED) is 0.816. The minimum Gasteiger partial charge on any atom is -0.353 e. The SMILES string of the molecule is C[C@@H](Sc1cc(Cl)ccc1Cl)C(=O)NCCn1ccnc1. The van der Waals surface area contributed by atoms with E-state index >= 15 is 0 Å². The van der Waals surface area contributed by atoms with Gasteiger partial charge in [0.1, 0.15) is 0 Å². The van der Waals surface area contributed by atoms with Crippen molar-refractivity contribution in [3.63, 3.8) is 0 Å². The van der Waals surface area contributed by atoms with E-state index in [-0.39, 0.29) is 11.2 Å². The van der Waals surface area contributed by atoms with Crippen molar-refractivity contribution in [2.24, 2.45) is 0 Å². The van der Waals surface area contributed by atoms with Crippen molar-refractivity contribution in [2.45, 2.75) is 23.6 Å². The second kappa shape index (κ2) is 7.73. The summed E-state index contributed by atoms with van der Waals surface area (Å²) in [5.74, 6) is -0.0313. The van der Waals surface area contributed by atoms with E-state index < -0.39 is 0 Å². The summed E-state index contributed by atoms with van der Waals surface area (Å²) < 4.78 is 1.91. The molecule has 1 amide bonds. The van der Waals surface area contributed by atoms with Crippen LogP contribution in [0.2, 0.25) is 10.0 Å². The topological polar surface area (TPSA) is 46.9 Å². The van der Waals surface area contributed by atoms with Crippen LogP contribution in [0.25, 0.3) is 0 Å². The molecule has 0 aliphatic heterocycles. The smallest absolute Gasteiger partial charge is 0.233 e. The lowest BCUT2D eigenvalue weighted by atomic mass is 10.4. The van der Waals surface area contributed by atoms with E-state index in [0.29, 0.717) is 23.1 Å². The molecular formula is C14H15Cl2N3OS. The molecule has 2 aromatic rings. The van der Waals surface area contributed by atoms with Gasteiger partial charge < -0.3 is 9.88 Å². The van der Waals surface area contributed by atoms with Gasteiger partial charge in [-0.1, -0.05) is 23.2 Å². The Kier molecular flexibility index (Phi) is 5.96. The fraction of sp³-hybridized carbons (Fsp3) is 0.286. The minimum atomic E-state index is -0.247. The Hall–Kier alpha value is -1.17. The number of hydrogen-bond acceptors (Lipinski definition) is 3. The highest BCUT2D eigenvalue weighted by molar-refractivity contribution is 8.00. The zero-order chi connectivity index (χ0) is 15.2. The van der Waals surface area contributed by atoms with Gasteiger partial charge in [0.2, 0.25) is 5.91 Å². The van der Waals surface area contributed by atoms with Crippen molar-refractivity contribution in [1.29, 1.82) is 0 Å². The number of rotatable bonds is 6. The second-order valence-corrected chi connectivity index (χ2v) is 6.65. The van der Waals surface area contributed by atoms with E-state index in [1.165, 1.54) is 11.8 Å². The molecule has 0 fully saturated rings. The van der Waals surface area contributed by atoms with E-state index in [4.69, 9.17) is 23.2 Å². The Morgan fingerprint density at radius 3 is 3.00 bits per heavy atom. The van der Waals surface area contributed by atoms with Crippen LogP contribution in [-0.2, 0) is 11.3 Å². The Morgan fingerprint density at radius 2 is 2.29 bits per heavy atom. The predicted molar refractivity (Wildman–Crippen MR) is 87.0 cm³/mol. The van der Waals surface area contributed by atoms with Crippen molar-refractivity contribution in [2.75, 3.05) is 6.54 Å². The Balaban J connectivity index is 1.83. The van der Waals surface area contributed by atoms with E-state index in [0.717, 1.165) is 4.90 Å². The van der Waals surface area contributed by atoms with Gasteiger partial charge in [-0.25, -0.2) is 4.98 Å². The summed E-state index contributed by atoms with van der Waals surface area (Å²) in [5.41, 5.74) is 0. The van der Waals surface area contributed by atoms with E-state index in [1.807, 2.05) is 17.7 Å². The highest BCUT2D eigenvalue weighted by Gasteiger charge is 2.15. The number of aromatic nitrogens is 2. The zero-order valence-corrected chi connectivity index (χ0v) is 13.8. The molecule has 0 saturated heterocycles. The molecule has 0 bridgehead atoms. The maximum atomic E-state index is 12.0. The molecule has 0 aliphatic carbocycles. The molecule has 2 rings (SSSR count). The number of carbonyl (C=O) groups is 1. The Bertz CT molecular complexity index is 604. The molecule has 4 nitrogen and oxygen atoms in total. The molecule has 0 unspecified atom stereocenters. The summed E-state index contributed by atoms with van der Waals surface area (Å²) in [6.45, 7) is 3.10. The normalized spacial score (nSPS) is 12.1. The Labute approximate surface area is 137 Å². The number of carbonyl (C=O) groups excluding carboxylic acids is 1. The monoisotopic (exact) mass is 343 g/mol. The molecule has 1 heterocycles. The standard InChI is InChI=1S/C14H15Cl2N3OS/c1-10(21-13-8-11(15)2-3-12(13)16)14(20)18-5-7-19-6-4-17-9-19/h2-4,6,8-10H,5,7H2,1H3,(H,18,20)/t10-/m1/s1. The lowest BCUT2D eigenvalue weighted by molar-refractivity contribution is -0.120. The van der Waals surface area contributed by atoms with Gasteiger partial charge in [-0.15, -0.1) is 11.8 Å². The summed E-state index contributed by atoms with van der Waals surface area (Å²) in [7, 11) is 0. The van der Waals surface area contributed by atoms with Crippen molar-refractivity contribution in [3.8, 4) is 0 Å². The molecule has 0 spiro atoms. The number of amides is 1. The highest BCUT2D eigenvalue weighted by atomic mass is 35.5.